The number of nitrogens with two attached hydrogens (primary N) is 1. The van der Waals surface area contributed by atoms with Gasteiger partial charge in [0.1, 0.15) is 0 Å². The highest BCUT2D eigenvalue weighted by atomic mass is 35.5. The zero-order valence-corrected chi connectivity index (χ0v) is 10.4. The van der Waals surface area contributed by atoms with E-state index in [0.717, 1.165) is 0 Å². The van der Waals surface area contributed by atoms with Crippen LogP contribution in [-0.4, -0.2) is 20.1 Å². The quantitative estimate of drug-likeness (QED) is 0.721. The summed E-state index contributed by atoms with van der Waals surface area (Å²) in [5.74, 6) is 0.968. The molecule has 94 valence electrons. The maximum atomic E-state index is 5.92. The lowest BCUT2D eigenvalue weighted by Gasteiger charge is -2.00. The number of hydrogen-bond donors (Lipinski definition) is 1. The second kappa shape index (κ2) is 4.66. The molecule has 2 heterocycles. The first-order valence-corrected chi connectivity index (χ1v) is 5.78. The van der Waals surface area contributed by atoms with Gasteiger partial charge in [-0.25, -0.2) is 9.97 Å². The Morgan fingerprint density at radius 2 is 1.89 bits per heavy atom. The van der Waals surface area contributed by atoms with Crippen LogP contribution in [0.4, 0.5) is 5.69 Å². The Kier molecular flexibility index (Phi) is 2.85. The Morgan fingerprint density at radius 3 is 2.68 bits per heavy atom. The summed E-state index contributed by atoms with van der Waals surface area (Å²) in [7, 11) is 0. The van der Waals surface area contributed by atoms with Crippen LogP contribution < -0.4 is 5.73 Å². The summed E-state index contributed by atoms with van der Waals surface area (Å²) in [5, 5.41) is 4.37. The Labute approximate surface area is 113 Å². The van der Waals surface area contributed by atoms with Crippen molar-refractivity contribution in [3.05, 3.63) is 41.7 Å². The molecule has 0 aliphatic rings. The number of benzene rings is 1. The van der Waals surface area contributed by atoms with Crippen LogP contribution in [0.1, 0.15) is 0 Å². The van der Waals surface area contributed by atoms with Crippen LogP contribution in [-0.2, 0) is 0 Å². The van der Waals surface area contributed by atoms with Crippen molar-refractivity contribution in [2.75, 3.05) is 5.73 Å². The fourth-order valence-corrected chi connectivity index (χ4v) is 1.72. The zero-order valence-electron chi connectivity index (χ0n) is 9.62. The minimum absolute atomic E-state index is 0.280. The molecule has 3 aromatic rings. The van der Waals surface area contributed by atoms with Gasteiger partial charge in [-0.1, -0.05) is 16.8 Å². The Bertz CT molecular complexity index is 713. The van der Waals surface area contributed by atoms with Gasteiger partial charge in [0.25, 0.3) is 5.89 Å². The minimum atomic E-state index is 0.280. The molecule has 2 N–H and O–H groups in total. The molecular weight excluding hydrogens is 266 g/mol. The third-order valence-electron chi connectivity index (χ3n) is 2.44. The number of halogens is 1. The molecule has 0 amide bonds. The van der Waals surface area contributed by atoms with Gasteiger partial charge in [-0.05, 0) is 24.3 Å². The van der Waals surface area contributed by atoms with E-state index in [4.69, 9.17) is 21.9 Å². The van der Waals surface area contributed by atoms with Gasteiger partial charge in [0.15, 0.2) is 0 Å². The number of nitrogen functional groups attached to an aromatic ring is 1. The van der Waals surface area contributed by atoms with E-state index in [9.17, 15) is 0 Å². The van der Waals surface area contributed by atoms with Gasteiger partial charge in [-0.15, -0.1) is 0 Å². The molecule has 0 aliphatic heterocycles. The van der Waals surface area contributed by atoms with Gasteiger partial charge in [0.2, 0.25) is 11.6 Å². The van der Waals surface area contributed by atoms with E-state index in [1.165, 1.54) is 0 Å². The Morgan fingerprint density at radius 1 is 1.11 bits per heavy atom. The Balaban J connectivity index is 2.04. The van der Waals surface area contributed by atoms with Crippen LogP contribution in [0.25, 0.3) is 23.1 Å². The first-order valence-electron chi connectivity index (χ1n) is 5.40. The number of hydrogen-bond acceptors (Lipinski definition) is 6. The molecule has 0 saturated heterocycles. The van der Waals surface area contributed by atoms with Crippen LogP contribution in [0.3, 0.4) is 0 Å². The predicted octanol–water partition coefficient (Wildman–Crippen LogP) is 2.43. The second-order valence-corrected chi connectivity index (χ2v) is 4.16. The van der Waals surface area contributed by atoms with Crippen molar-refractivity contribution in [3.8, 4) is 23.1 Å². The monoisotopic (exact) mass is 273 g/mol. The summed E-state index contributed by atoms with van der Waals surface area (Å²) in [5.41, 5.74) is 6.95. The summed E-state index contributed by atoms with van der Waals surface area (Å²) in [6, 6.07) is 6.75. The summed E-state index contributed by atoms with van der Waals surface area (Å²) in [4.78, 5) is 12.3. The lowest BCUT2D eigenvalue weighted by atomic mass is 10.2. The maximum Gasteiger partial charge on any atom is 0.260 e. The van der Waals surface area contributed by atoms with Gasteiger partial charge in [-0.2, -0.15) is 4.98 Å². The molecule has 0 fully saturated rings. The molecule has 0 spiro atoms. The van der Waals surface area contributed by atoms with Crippen LogP contribution >= 0.6 is 11.6 Å². The molecule has 0 radical (unpaired) electrons. The number of anilines is 1. The number of rotatable bonds is 2. The lowest BCUT2D eigenvalue weighted by Crippen LogP contribution is -1.91. The van der Waals surface area contributed by atoms with Crippen LogP contribution in [0.2, 0.25) is 5.02 Å². The lowest BCUT2D eigenvalue weighted by molar-refractivity contribution is 0.432. The van der Waals surface area contributed by atoms with Crippen molar-refractivity contribution in [1.82, 2.24) is 20.1 Å². The molecule has 0 unspecified atom stereocenters. The number of aromatic nitrogens is 4. The predicted molar refractivity (Wildman–Crippen MR) is 70.2 cm³/mol. The van der Waals surface area contributed by atoms with Crippen molar-refractivity contribution in [1.29, 1.82) is 0 Å². The largest absolute Gasteiger partial charge is 0.398 e. The van der Waals surface area contributed by atoms with Crippen molar-refractivity contribution in [2.24, 2.45) is 0 Å². The van der Waals surface area contributed by atoms with Crippen molar-refractivity contribution in [3.63, 3.8) is 0 Å². The normalized spacial score (nSPS) is 10.6. The fourth-order valence-electron chi connectivity index (χ4n) is 1.55. The van der Waals surface area contributed by atoms with Crippen LogP contribution in [0.15, 0.2) is 41.2 Å². The van der Waals surface area contributed by atoms with Gasteiger partial charge >= 0.3 is 0 Å². The highest BCUT2D eigenvalue weighted by Gasteiger charge is 2.14. The zero-order chi connectivity index (χ0) is 13.2. The van der Waals surface area contributed by atoms with Gasteiger partial charge < -0.3 is 10.3 Å². The van der Waals surface area contributed by atoms with E-state index in [2.05, 4.69) is 20.1 Å². The average molecular weight is 274 g/mol. The molecule has 7 heteroatoms. The van der Waals surface area contributed by atoms with Crippen LogP contribution in [0, 0.1) is 0 Å². The molecule has 3 rings (SSSR count). The molecule has 0 aliphatic carbocycles. The summed E-state index contributed by atoms with van der Waals surface area (Å²) >= 11 is 5.92. The standard InChI is InChI=1S/C12H8ClN5O/c13-7-2-3-9(14)8(6-7)12-17-11(18-19-12)10-15-4-1-5-16-10/h1-6H,14H2. The SMILES string of the molecule is Nc1ccc(Cl)cc1-c1nc(-c2ncccn2)no1. The van der Waals surface area contributed by atoms with Crippen molar-refractivity contribution < 1.29 is 4.52 Å². The van der Waals surface area contributed by atoms with Crippen molar-refractivity contribution in [2.45, 2.75) is 0 Å². The highest BCUT2D eigenvalue weighted by molar-refractivity contribution is 6.31. The van der Waals surface area contributed by atoms with E-state index < -0.39 is 0 Å². The summed E-state index contributed by atoms with van der Waals surface area (Å²) in [6.45, 7) is 0. The fraction of sp³-hybridized carbons (Fsp3) is 0. The van der Waals surface area contributed by atoms with Crippen molar-refractivity contribution >= 4 is 17.3 Å². The van der Waals surface area contributed by atoms with E-state index in [1.807, 2.05) is 0 Å². The Hall–Kier alpha value is -2.47. The first kappa shape index (κ1) is 11.6. The van der Waals surface area contributed by atoms with Gasteiger partial charge in [0.05, 0.1) is 5.56 Å². The molecule has 0 bridgehead atoms. The summed E-state index contributed by atoms with van der Waals surface area (Å²) in [6.07, 6.45) is 3.21. The number of nitrogens with zero attached hydrogens (tertiary/aromatic N) is 4. The molecule has 6 nitrogen and oxygen atoms in total. The third-order valence-corrected chi connectivity index (χ3v) is 2.67. The molecular formula is C12H8ClN5O. The van der Waals surface area contributed by atoms with Crippen LogP contribution in [0.5, 0.6) is 0 Å². The van der Waals surface area contributed by atoms with E-state index in [0.29, 0.717) is 27.9 Å². The highest BCUT2D eigenvalue weighted by Crippen LogP contribution is 2.28. The first-order chi connectivity index (χ1) is 9.24. The smallest absolute Gasteiger partial charge is 0.260 e. The molecule has 2 aromatic heterocycles. The van der Waals surface area contributed by atoms with E-state index in [-0.39, 0.29) is 5.89 Å². The molecule has 1 aromatic carbocycles. The molecule has 0 atom stereocenters. The van der Waals surface area contributed by atoms with Gasteiger partial charge in [-0.3, -0.25) is 0 Å². The topological polar surface area (TPSA) is 90.7 Å². The van der Waals surface area contributed by atoms with E-state index in [1.54, 1.807) is 36.7 Å². The third kappa shape index (κ3) is 2.25. The second-order valence-electron chi connectivity index (χ2n) is 3.73. The molecule has 19 heavy (non-hydrogen) atoms. The van der Waals surface area contributed by atoms with E-state index >= 15 is 0 Å². The minimum Gasteiger partial charge on any atom is -0.398 e. The van der Waals surface area contributed by atoms with Gasteiger partial charge in [0, 0.05) is 23.1 Å². The summed E-state index contributed by atoms with van der Waals surface area (Å²) < 4.78 is 5.16. The molecule has 0 saturated carbocycles. The average Bonchev–Trinajstić information content (AvgIpc) is 2.92. The maximum absolute atomic E-state index is 5.92.